The molecule has 1 aromatic carbocycles. The quantitative estimate of drug-likeness (QED) is 0.929. The summed E-state index contributed by atoms with van der Waals surface area (Å²) in [6.07, 6.45) is 3.46. The minimum atomic E-state index is 0.0575. The lowest BCUT2D eigenvalue weighted by molar-refractivity contribution is 0.0749. The molecule has 0 bridgehead atoms. The van der Waals surface area contributed by atoms with Crippen LogP contribution in [0.25, 0.3) is 0 Å². The normalized spacial score (nSPS) is 14.8. The van der Waals surface area contributed by atoms with Gasteiger partial charge in [0.2, 0.25) is 0 Å². The molecule has 0 radical (unpaired) electrons. The standard InChI is InChI=1S/C15H17N3O2/c1-20-12-6-4-11(5-7-12)10-18-8-2-3-14-13(15(18)19)9-16-17-14/h4-7,9H,2-3,8,10H2,1H3,(H,16,17). The highest BCUT2D eigenvalue weighted by molar-refractivity contribution is 5.95. The number of benzene rings is 1. The molecule has 3 rings (SSSR count). The average Bonchev–Trinajstić information content (AvgIpc) is 2.89. The van der Waals surface area contributed by atoms with Gasteiger partial charge in [0, 0.05) is 18.8 Å². The Kier molecular flexibility index (Phi) is 3.41. The number of hydrogen-bond donors (Lipinski definition) is 1. The molecule has 0 spiro atoms. The number of H-pyrrole nitrogens is 1. The number of aromatic nitrogens is 2. The Hall–Kier alpha value is -2.30. The molecule has 5 heteroatoms. The van der Waals surface area contributed by atoms with Crippen LogP contribution in [0.2, 0.25) is 0 Å². The Balaban J connectivity index is 1.78. The smallest absolute Gasteiger partial charge is 0.257 e. The van der Waals surface area contributed by atoms with Crippen LogP contribution in [0.15, 0.2) is 30.5 Å². The number of nitrogens with one attached hydrogen (secondary N) is 1. The van der Waals surface area contributed by atoms with E-state index in [1.165, 1.54) is 0 Å². The maximum Gasteiger partial charge on any atom is 0.257 e. The number of carbonyl (C=O) groups is 1. The molecule has 1 N–H and O–H groups in total. The van der Waals surface area contributed by atoms with Crippen molar-refractivity contribution in [3.8, 4) is 5.75 Å². The molecule has 2 aromatic rings. The summed E-state index contributed by atoms with van der Waals surface area (Å²) >= 11 is 0. The van der Waals surface area contributed by atoms with Crippen LogP contribution in [-0.4, -0.2) is 34.7 Å². The average molecular weight is 271 g/mol. The van der Waals surface area contributed by atoms with Crippen LogP contribution in [-0.2, 0) is 13.0 Å². The molecule has 1 amide bonds. The first kappa shape index (κ1) is 12.7. The number of rotatable bonds is 3. The SMILES string of the molecule is COc1ccc(CN2CCCc3[nH]ncc3C2=O)cc1. The molecule has 0 aliphatic carbocycles. The van der Waals surface area contributed by atoms with Crippen molar-refractivity contribution in [2.45, 2.75) is 19.4 Å². The van der Waals surface area contributed by atoms with E-state index >= 15 is 0 Å². The van der Waals surface area contributed by atoms with E-state index in [9.17, 15) is 4.79 Å². The summed E-state index contributed by atoms with van der Waals surface area (Å²) in [6, 6.07) is 7.82. The topological polar surface area (TPSA) is 58.2 Å². The largest absolute Gasteiger partial charge is 0.497 e. The van der Waals surface area contributed by atoms with Crippen molar-refractivity contribution < 1.29 is 9.53 Å². The van der Waals surface area contributed by atoms with Gasteiger partial charge in [-0.1, -0.05) is 12.1 Å². The summed E-state index contributed by atoms with van der Waals surface area (Å²) < 4.78 is 5.14. The van der Waals surface area contributed by atoms with Gasteiger partial charge in [0.15, 0.2) is 0 Å². The molecule has 2 heterocycles. The van der Waals surface area contributed by atoms with Gasteiger partial charge in [-0.2, -0.15) is 5.10 Å². The van der Waals surface area contributed by atoms with E-state index in [4.69, 9.17) is 4.74 Å². The number of amides is 1. The van der Waals surface area contributed by atoms with Gasteiger partial charge in [-0.3, -0.25) is 9.89 Å². The number of hydrogen-bond acceptors (Lipinski definition) is 3. The van der Waals surface area contributed by atoms with Gasteiger partial charge in [-0.05, 0) is 30.5 Å². The van der Waals surface area contributed by atoms with Crippen LogP contribution in [0, 0.1) is 0 Å². The summed E-state index contributed by atoms with van der Waals surface area (Å²) in [7, 11) is 1.65. The van der Waals surface area contributed by atoms with Gasteiger partial charge < -0.3 is 9.64 Å². The van der Waals surface area contributed by atoms with Gasteiger partial charge in [-0.15, -0.1) is 0 Å². The summed E-state index contributed by atoms with van der Waals surface area (Å²) in [5.41, 5.74) is 2.76. The van der Waals surface area contributed by atoms with Crippen LogP contribution < -0.4 is 4.74 Å². The monoisotopic (exact) mass is 271 g/mol. The lowest BCUT2D eigenvalue weighted by Gasteiger charge is -2.20. The number of carbonyl (C=O) groups excluding carboxylic acids is 1. The first-order chi connectivity index (χ1) is 9.78. The molecule has 5 nitrogen and oxygen atoms in total. The first-order valence-corrected chi connectivity index (χ1v) is 6.72. The predicted octanol–water partition coefficient (Wildman–Crippen LogP) is 2.01. The van der Waals surface area contributed by atoms with Crippen LogP contribution in [0.4, 0.5) is 0 Å². The van der Waals surface area contributed by atoms with E-state index in [1.807, 2.05) is 29.2 Å². The molecular weight excluding hydrogens is 254 g/mol. The second-order valence-corrected chi connectivity index (χ2v) is 4.94. The Morgan fingerprint density at radius 2 is 2.15 bits per heavy atom. The van der Waals surface area contributed by atoms with E-state index in [0.29, 0.717) is 12.1 Å². The third kappa shape index (κ3) is 2.39. The molecule has 0 saturated carbocycles. The van der Waals surface area contributed by atoms with Crippen molar-refractivity contribution in [3.05, 3.63) is 47.3 Å². The number of methoxy groups -OCH3 is 1. The van der Waals surface area contributed by atoms with Crippen molar-refractivity contribution in [3.63, 3.8) is 0 Å². The van der Waals surface area contributed by atoms with E-state index in [2.05, 4.69) is 10.2 Å². The highest BCUT2D eigenvalue weighted by Crippen LogP contribution is 2.19. The minimum absolute atomic E-state index is 0.0575. The number of ether oxygens (including phenoxy) is 1. The fourth-order valence-electron chi connectivity index (χ4n) is 2.51. The van der Waals surface area contributed by atoms with Crippen molar-refractivity contribution >= 4 is 5.91 Å². The van der Waals surface area contributed by atoms with Crippen LogP contribution in [0.3, 0.4) is 0 Å². The summed E-state index contributed by atoms with van der Waals surface area (Å²) in [5, 5.41) is 6.88. The third-order valence-corrected chi connectivity index (χ3v) is 3.62. The predicted molar refractivity (Wildman–Crippen MR) is 74.6 cm³/mol. The molecular formula is C15H17N3O2. The van der Waals surface area contributed by atoms with Crippen molar-refractivity contribution in [2.24, 2.45) is 0 Å². The molecule has 0 atom stereocenters. The Morgan fingerprint density at radius 3 is 2.90 bits per heavy atom. The highest BCUT2D eigenvalue weighted by atomic mass is 16.5. The van der Waals surface area contributed by atoms with E-state index in [-0.39, 0.29) is 5.91 Å². The third-order valence-electron chi connectivity index (χ3n) is 3.62. The van der Waals surface area contributed by atoms with E-state index in [0.717, 1.165) is 36.4 Å². The minimum Gasteiger partial charge on any atom is -0.497 e. The van der Waals surface area contributed by atoms with Crippen LogP contribution in [0.1, 0.15) is 28.0 Å². The fraction of sp³-hybridized carbons (Fsp3) is 0.333. The van der Waals surface area contributed by atoms with Gasteiger partial charge in [0.25, 0.3) is 5.91 Å². The molecule has 0 saturated heterocycles. The maximum absolute atomic E-state index is 12.5. The fourth-order valence-corrected chi connectivity index (χ4v) is 2.51. The van der Waals surface area contributed by atoms with Gasteiger partial charge in [0.1, 0.15) is 5.75 Å². The highest BCUT2D eigenvalue weighted by Gasteiger charge is 2.23. The molecule has 0 fully saturated rings. The number of aromatic amines is 1. The van der Waals surface area contributed by atoms with Crippen LogP contribution >= 0.6 is 0 Å². The lowest BCUT2D eigenvalue weighted by atomic mass is 10.2. The molecule has 1 aliphatic rings. The molecule has 0 unspecified atom stereocenters. The second kappa shape index (κ2) is 5.36. The van der Waals surface area contributed by atoms with Crippen molar-refractivity contribution in [2.75, 3.05) is 13.7 Å². The van der Waals surface area contributed by atoms with Gasteiger partial charge >= 0.3 is 0 Å². The summed E-state index contributed by atoms with van der Waals surface area (Å²) in [4.78, 5) is 14.3. The Bertz CT molecular complexity index is 604. The molecule has 20 heavy (non-hydrogen) atoms. The number of fused-ring (bicyclic) bond motifs is 1. The summed E-state index contributed by atoms with van der Waals surface area (Å²) in [6.45, 7) is 1.39. The Labute approximate surface area is 117 Å². The zero-order valence-electron chi connectivity index (χ0n) is 11.4. The zero-order valence-corrected chi connectivity index (χ0v) is 11.4. The van der Waals surface area contributed by atoms with Gasteiger partial charge in [0.05, 0.1) is 18.9 Å². The van der Waals surface area contributed by atoms with Crippen molar-refractivity contribution in [1.82, 2.24) is 15.1 Å². The number of nitrogens with zero attached hydrogens (tertiary/aromatic N) is 2. The molecule has 104 valence electrons. The van der Waals surface area contributed by atoms with E-state index < -0.39 is 0 Å². The van der Waals surface area contributed by atoms with Crippen LogP contribution in [0.5, 0.6) is 5.75 Å². The maximum atomic E-state index is 12.5. The second-order valence-electron chi connectivity index (χ2n) is 4.94. The Morgan fingerprint density at radius 1 is 1.35 bits per heavy atom. The number of aryl methyl sites for hydroxylation is 1. The zero-order chi connectivity index (χ0) is 13.9. The molecule has 1 aromatic heterocycles. The van der Waals surface area contributed by atoms with E-state index in [1.54, 1.807) is 13.3 Å². The first-order valence-electron chi connectivity index (χ1n) is 6.72. The van der Waals surface area contributed by atoms with Gasteiger partial charge in [-0.25, -0.2) is 0 Å². The summed E-state index contributed by atoms with van der Waals surface area (Å²) in [5.74, 6) is 0.884. The molecule has 1 aliphatic heterocycles. The lowest BCUT2D eigenvalue weighted by Crippen LogP contribution is -2.30. The van der Waals surface area contributed by atoms with Crippen molar-refractivity contribution in [1.29, 1.82) is 0 Å².